The summed E-state index contributed by atoms with van der Waals surface area (Å²) >= 11 is 6.37. The summed E-state index contributed by atoms with van der Waals surface area (Å²) in [6, 6.07) is -0.580. The molecule has 0 amide bonds. The van der Waals surface area contributed by atoms with E-state index in [0.29, 0.717) is 13.0 Å². The summed E-state index contributed by atoms with van der Waals surface area (Å²) in [5.74, 6) is -2.20. The zero-order valence-electron chi connectivity index (χ0n) is 14.7. The number of nitrogens with one attached hydrogen (secondary N) is 2. The first-order valence-electron chi connectivity index (χ1n) is 8.25. The Morgan fingerprint density at radius 1 is 1.44 bits per heavy atom. The lowest BCUT2D eigenvalue weighted by Crippen LogP contribution is -2.52. The summed E-state index contributed by atoms with van der Waals surface area (Å²) in [6.07, 6.45) is -3.27. The number of aliphatic imine (C=N–C) groups is 1. The summed E-state index contributed by atoms with van der Waals surface area (Å²) in [4.78, 5) is 5.81. The fourth-order valence-corrected chi connectivity index (χ4v) is 3.58. The first kappa shape index (κ1) is 19.9. The number of amidine groups is 1. The Hall–Kier alpha value is -1.85. The van der Waals surface area contributed by atoms with Gasteiger partial charge in [-0.05, 0) is 13.5 Å². The lowest BCUT2D eigenvalue weighted by Gasteiger charge is -2.33. The predicted octanol–water partition coefficient (Wildman–Crippen LogP) is 1.49. The molecule has 0 saturated carbocycles. The standard InChI is InChI=1S/C15H20ClF4N7/c1-22-13-9(14(18,19)20)5-23-15(21,25-13)8-6-24-27(12(8)16)11-3-4-26(2)7-10(11)17/h5-6,10-11,23H,3-4,7,21H2,1-2H3,(H,22,25)/t10-,11-,15?/m1/s1. The monoisotopic (exact) mass is 409 g/mol. The molecule has 2 aliphatic heterocycles. The van der Waals surface area contributed by atoms with Crippen LogP contribution in [0.4, 0.5) is 17.6 Å². The number of rotatable bonds is 2. The molecule has 1 unspecified atom stereocenters. The van der Waals surface area contributed by atoms with Crippen LogP contribution in [0.25, 0.3) is 0 Å². The van der Waals surface area contributed by atoms with E-state index < -0.39 is 35.6 Å². The second kappa shape index (κ2) is 6.95. The van der Waals surface area contributed by atoms with Crippen LogP contribution in [-0.2, 0) is 5.79 Å². The van der Waals surface area contributed by atoms with Gasteiger partial charge in [-0.2, -0.15) is 18.3 Å². The van der Waals surface area contributed by atoms with Gasteiger partial charge >= 0.3 is 6.18 Å². The van der Waals surface area contributed by atoms with Gasteiger partial charge in [0, 0.05) is 26.3 Å². The summed E-state index contributed by atoms with van der Waals surface area (Å²) in [5, 5.41) is 8.99. The van der Waals surface area contributed by atoms with Crippen LogP contribution in [-0.4, -0.2) is 60.0 Å². The Kier molecular flexibility index (Phi) is 5.12. The molecule has 3 rings (SSSR count). The Morgan fingerprint density at radius 2 is 2.15 bits per heavy atom. The van der Waals surface area contributed by atoms with Crippen LogP contribution in [0.1, 0.15) is 18.0 Å². The van der Waals surface area contributed by atoms with Crippen molar-refractivity contribution in [1.29, 1.82) is 0 Å². The summed E-state index contributed by atoms with van der Waals surface area (Å²) in [5.41, 5.74) is 5.32. The number of piperidine rings is 1. The van der Waals surface area contributed by atoms with Crippen molar-refractivity contribution < 1.29 is 17.6 Å². The van der Waals surface area contributed by atoms with E-state index >= 15 is 0 Å². The van der Waals surface area contributed by atoms with Gasteiger partial charge in [0.05, 0.1) is 17.8 Å². The van der Waals surface area contributed by atoms with Crippen LogP contribution in [0, 0.1) is 0 Å². The second-order valence-electron chi connectivity index (χ2n) is 6.60. The van der Waals surface area contributed by atoms with E-state index in [9.17, 15) is 17.6 Å². The van der Waals surface area contributed by atoms with Crippen molar-refractivity contribution in [2.24, 2.45) is 10.7 Å². The maximum absolute atomic E-state index is 14.4. The molecule has 0 bridgehead atoms. The molecule has 3 heterocycles. The summed E-state index contributed by atoms with van der Waals surface area (Å²) in [7, 11) is 3.12. The average Bonchev–Trinajstić information content (AvgIpc) is 2.96. The van der Waals surface area contributed by atoms with E-state index in [1.807, 2.05) is 11.9 Å². The molecule has 12 heteroatoms. The Balaban J connectivity index is 1.93. The molecule has 1 aromatic heterocycles. The highest BCUT2D eigenvalue weighted by atomic mass is 35.5. The lowest BCUT2D eigenvalue weighted by molar-refractivity contribution is -0.0872. The van der Waals surface area contributed by atoms with Crippen molar-refractivity contribution >= 4 is 17.4 Å². The third-order valence-electron chi connectivity index (χ3n) is 4.69. The zero-order chi connectivity index (χ0) is 20.0. The number of aromatic nitrogens is 2. The number of nitrogens with two attached hydrogens (primary N) is 1. The fraction of sp³-hybridized carbons (Fsp3) is 0.600. The highest BCUT2D eigenvalue weighted by Gasteiger charge is 2.43. The molecule has 3 atom stereocenters. The van der Waals surface area contributed by atoms with Crippen molar-refractivity contribution in [1.82, 2.24) is 25.3 Å². The number of alkyl halides is 4. The Bertz CT molecular complexity index is 775. The molecule has 1 fully saturated rings. The van der Waals surface area contributed by atoms with Crippen molar-refractivity contribution in [3.8, 4) is 0 Å². The molecular weight excluding hydrogens is 390 g/mol. The molecule has 4 N–H and O–H groups in total. The van der Waals surface area contributed by atoms with Gasteiger partial charge in [0.2, 0.25) is 5.79 Å². The van der Waals surface area contributed by atoms with Gasteiger partial charge in [-0.15, -0.1) is 0 Å². The van der Waals surface area contributed by atoms with Gasteiger partial charge in [0.25, 0.3) is 0 Å². The van der Waals surface area contributed by atoms with Crippen LogP contribution in [0.5, 0.6) is 0 Å². The molecule has 0 aromatic carbocycles. The zero-order valence-corrected chi connectivity index (χ0v) is 15.4. The molecule has 7 nitrogen and oxygen atoms in total. The van der Waals surface area contributed by atoms with Crippen LogP contribution in [0.2, 0.25) is 5.15 Å². The van der Waals surface area contributed by atoms with Gasteiger partial charge in [-0.1, -0.05) is 11.6 Å². The van der Waals surface area contributed by atoms with Crippen LogP contribution in [0.3, 0.4) is 0 Å². The van der Waals surface area contributed by atoms with Gasteiger partial charge in [0.15, 0.2) is 0 Å². The number of likely N-dealkylation sites (N-methyl/N-ethyl adjacent to an activating group) is 1. The number of likely N-dealkylation sites (tertiary alicyclic amines) is 1. The topological polar surface area (TPSA) is 83.5 Å². The number of hydrogen-bond donors (Lipinski definition) is 3. The highest BCUT2D eigenvalue weighted by molar-refractivity contribution is 6.30. The van der Waals surface area contributed by atoms with E-state index in [0.717, 1.165) is 6.20 Å². The first-order valence-corrected chi connectivity index (χ1v) is 8.62. The Morgan fingerprint density at radius 3 is 2.74 bits per heavy atom. The molecule has 1 saturated heterocycles. The first-order chi connectivity index (χ1) is 12.6. The Labute approximate surface area is 158 Å². The summed E-state index contributed by atoms with van der Waals surface area (Å²) < 4.78 is 55.0. The van der Waals surface area contributed by atoms with Crippen LogP contribution in [0.15, 0.2) is 23.0 Å². The predicted molar refractivity (Wildman–Crippen MR) is 92.9 cm³/mol. The van der Waals surface area contributed by atoms with E-state index in [2.05, 4.69) is 20.7 Å². The molecule has 0 spiro atoms. The van der Waals surface area contributed by atoms with E-state index in [-0.39, 0.29) is 17.3 Å². The fourth-order valence-electron chi connectivity index (χ4n) is 3.22. The van der Waals surface area contributed by atoms with Crippen molar-refractivity contribution in [2.75, 3.05) is 27.2 Å². The van der Waals surface area contributed by atoms with Crippen LogP contribution < -0.4 is 16.4 Å². The van der Waals surface area contributed by atoms with E-state index in [1.54, 1.807) is 0 Å². The SMILES string of the molecule is CNC1=NC(N)(c2cnn([C@@H]3CCN(C)C[C@H]3F)c2Cl)NC=C1C(F)(F)F. The molecular formula is C15H20ClF4N7. The maximum atomic E-state index is 14.4. The average molecular weight is 410 g/mol. The molecule has 0 radical (unpaired) electrons. The molecule has 150 valence electrons. The third-order valence-corrected chi connectivity index (χ3v) is 5.07. The minimum atomic E-state index is -4.61. The summed E-state index contributed by atoms with van der Waals surface area (Å²) in [6.45, 7) is 0.907. The number of halogens is 5. The van der Waals surface area contributed by atoms with Crippen LogP contribution >= 0.6 is 11.6 Å². The minimum Gasteiger partial charge on any atom is -0.373 e. The normalized spacial score (nSPS) is 29.8. The lowest BCUT2D eigenvalue weighted by atomic mass is 10.0. The molecule has 27 heavy (non-hydrogen) atoms. The van der Waals surface area contributed by atoms with Gasteiger partial charge in [-0.3, -0.25) is 5.73 Å². The van der Waals surface area contributed by atoms with Gasteiger partial charge < -0.3 is 15.5 Å². The van der Waals surface area contributed by atoms with E-state index in [4.69, 9.17) is 17.3 Å². The quantitative estimate of drug-likeness (QED) is 0.645. The van der Waals surface area contributed by atoms with Gasteiger partial charge in [0.1, 0.15) is 22.7 Å². The van der Waals surface area contributed by atoms with Crippen molar-refractivity contribution in [3.63, 3.8) is 0 Å². The molecule has 1 aromatic rings. The molecule has 2 aliphatic rings. The number of hydrogen-bond acceptors (Lipinski definition) is 6. The molecule has 0 aliphatic carbocycles. The van der Waals surface area contributed by atoms with Gasteiger partial charge in [-0.25, -0.2) is 14.1 Å². The highest BCUT2D eigenvalue weighted by Crippen LogP contribution is 2.35. The third kappa shape index (κ3) is 3.63. The smallest absolute Gasteiger partial charge is 0.373 e. The largest absolute Gasteiger partial charge is 0.421 e. The minimum absolute atomic E-state index is 0.0327. The number of nitrogens with zero attached hydrogens (tertiary/aromatic N) is 4. The van der Waals surface area contributed by atoms with Crippen molar-refractivity contribution in [2.45, 2.75) is 30.6 Å². The maximum Gasteiger partial charge on any atom is 0.421 e. The van der Waals surface area contributed by atoms with Crippen molar-refractivity contribution in [3.05, 3.63) is 28.7 Å². The second-order valence-corrected chi connectivity index (χ2v) is 6.96. The van der Waals surface area contributed by atoms with E-state index in [1.165, 1.54) is 17.9 Å².